The number of hydrogen-bond donors (Lipinski definition) is 3. The van der Waals surface area contributed by atoms with Gasteiger partial charge in [-0.3, -0.25) is 14.6 Å². The van der Waals surface area contributed by atoms with Gasteiger partial charge in [-0.1, -0.05) is 18.7 Å². The van der Waals surface area contributed by atoms with E-state index in [1.807, 2.05) is 20.9 Å². The van der Waals surface area contributed by atoms with Gasteiger partial charge in [0.1, 0.15) is 18.4 Å². The quantitative estimate of drug-likeness (QED) is 0.413. The number of rotatable bonds is 7. The van der Waals surface area contributed by atoms with Crippen molar-refractivity contribution in [2.45, 2.75) is 69.9 Å². The number of piperazine rings is 1. The normalized spacial score (nSPS) is 25.9. The maximum Gasteiger partial charge on any atom is 0.236 e. The number of carbonyl (C=O) groups is 1. The topological polar surface area (TPSA) is 143 Å². The molecule has 0 aliphatic carbocycles. The van der Waals surface area contributed by atoms with Crippen molar-refractivity contribution in [1.29, 1.82) is 5.26 Å². The molecule has 6 rings (SSSR count). The molecular formula is C32H39N5O6. The Kier molecular flexibility index (Phi) is 7.40. The number of methoxy groups -OCH3 is 1. The van der Waals surface area contributed by atoms with E-state index in [2.05, 4.69) is 33.8 Å². The Morgan fingerprint density at radius 3 is 2.70 bits per heavy atom. The predicted molar refractivity (Wildman–Crippen MR) is 159 cm³/mol. The highest BCUT2D eigenvalue weighted by Gasteiger charge is 2.56. The Labute approximate surface area is 251 Å². The molecule has 0 saturated carbocycles. The van der Waals surface area contributed by atoms with E-state index in [0.717, 1.165) is 33.4 Å². The van der Waals surface area contributed by atoms with Gasteiger partial charge in [0, 0.05) is 40.9 Å². The van der Waals surface area contributed by atoms with Crippen molar-refractivity contribution in [3.8, 4) is 34.8 Å². The van der Waals surface area contributed by atoms with Crippen LogP contribution in [0.3, 0.4) is 0 Å². The number of phenolic OH excluding ortho intramolecular Hbond substituents is 1. The highest BCUT2D eigenvalue weighted by atomic mass is 16.7. The van der Waals surface area contributed by atoms with E-state index < -0.39 is 18.1 Å². The summed E-state index contributed by atoms with van der Waals surface area (Å²) in [5.41, 5.74) is 11.2. The van der Waals surface area contributed by atoms with Gasteiger partial charge in [-0.25, -0.2) is 0 Å². The van der Waals surface area contributed by atoms with Crippen LogP contribution in [0.2, 0.25) is 0 Å². The third-order valence-corrected chi connectivity index (χ3v) is 9.49. The fourth-order valence-corrected chi connectivity index (χ4v) is 7.73. The first-order valence-corrected chi connectivity index (χ1v) is 14.6. The van der Waals surface area contributed by atoms with E-state index in [9.17, 15) is 15.2 Å². The van der Waals surface area contributed by atoms with Crippen molar-refractivity contribution in [2.75, 3.05) is 34.1 Å². The number of aromatic hydroxyl groups is 1. The number of aryl methyl sites for hydroxylation is 1. The molecule has 4 aliphatic rings. The summed E-state index contributed by atoms with van der Waals surface area (Å²) in [6, 6.07) is 2.30. The van der Waals surface area contributed by atoms with E-state index in [0.29, 0.717) is 42.4 Å². The molecule has 4 N–H and O–H groups in total. The number of likely N-dealkylation sites (N-methyl/N-ethyl adjacent to an activating group) is 1. The number of hydrogen-bond acceptors (Lipinski definition) is 10. The standard InChI is InChI=1S/C32H39N5O6/c1-7-8-41-29-16(3)30-31(43-14-42-30)25-19(29)11-21-26-24-18(9-15(2)28(40-6)27(24)38)10-20(36(26)5)22(12-33)37(21)23(25)13-35-32(39)17(4)34/h7,9,17,20-23,26,38H,1,8,10-11,13-14,34H2,2-6H3,(H,35,39)/t17?,20?,21-,22-,23?,26?/m0/s1. The van der Waals surface area contributed by atoms with E-state index >= 15 is 0 Å². The van der Waals surface area contributed by atoms with Gasteiger partial charge in [-0.15, -0.1) is 0 Å². The SMILES string of the molecule is C=CCOc1c(C)c2c(c3c1C[C@H]1C4c5c(cc(C)c(OC)c5O)CC([C@H](C#N)N1C3CNC(=O)C(C)N)N4C)OCO2. The van der Waals surface area contributed by atoms with Crippen LogP contribution in [-0.2, 0) is 17.6 Å². The minimum absolute atomic E-state index is 0.0614. The predicted octanol–water partition coefficient (Wildman–Crippen LogP) is 2.55. The summed E-state index contributed by atoms with van der Waals surface area (Å²) < 4.78 is 24.0. The van der Waals surface area contributed by atoms with E-state index in [-0.39, 0.29) is 43.1 Å². The second-order valence-corrected chi connectivity index (χ2v) is 11.9. The van der Waals surface area contributed by atoms with Gasteiger partial charge in [0.25, 0.3) is 0 Å². The number of benzene rings is 2. The molecule has 0 aromatic heterocycles. The average molecular weight is 590 g/mol. The molecule has 228 valence electrons. The van der Waals surface area contributed by atoms with Gasteiger partial charge in [-0.05, 0) is 51.8 Å². The lowest BCUT2D eigenvalue weighted by atomic mass is 9.71. The second kappa shape index (κ2) is 10.9. The molecule has 1 saturated heterocycles. The smallest absolute Gasteiger partial charge is 0.236 e. The lowest BCUT2D eigenvalue weighted by Gasteiger charge is -2.60. The van der Waals surface area contributed by atoms with Crippen molar-refractivity contribution in [3.63, 3.8) is 0 Å². The van der Waals surface area contributed by atoms with Crippen LogP contribution in [0.1, 0.15) is 52.4 Å². The number of nitrogens with zero attached hydrogens (tertiary/aromatic N) is 3. The Hall–Kier alpha value is -3.98. The monoisotopic (exact) mass is 589 g/mol. The summed E-state index contributed by atoms with van der Waals surface area (Å²) in [5.74, 6) is 2.18. The lowest BCUT2D eigenvalue weighted by Crippen LogP contribution is -2.68. The zero-order valence-corrected chi connectivity index (χ0v) is 25.3. The first-order valence-electron chi connectivity index (χ1n) is 14.6. The maximum atomic E-state index is 12.8. The van der Waals surface area contributed by atoms with Crippen LogP contribution >= 0.6 is 0 Å². The molecule has 4 aliphatic heterocycles. The van der Waals surface area contributed by atoms with E-state index in [1.54, 1.807) is 20.1 Å². The number of carbonyl (C=O) groups excluding carboxylic acids is 1. The first-order chi connectivity index (χ1) is 20.6. The van der Waals surface area contributed by atoms with Crippen LogP contribution in [0.25, 0.3) is 0 Å². The van der Waals surface area contributed by atoms with Crippen LogP contribution < -0.4 is 30.0 Å². The summed E-state index contributed by atoms with van der Waals surface area (Å²) in [6.07, 6.45) is 2.78. The van der Waals surface area contributed by atoms with E-state index in [4.69, 9.17) is 24.7 Å². The highest BCUT2D eigenvalue weighted by molar-refractivity contribution is 5.81. The molecule has 6 atom stereocenters. The van der Waals surface area contributed by atoms with Crippen molar-refractivity contribution in [1.82, 2.24) is 15.1 Å². The Morgan fingerprint density at radius 2 is 2.02 bits per heavy atom. The summed E-state index contributed by atoms with van der Waals surface area (Å²) in [6.45, 7) is 9.89. The molecule has 1 fully saturated rings. The number of phenols is 1. The van der Waals surface area contributed by atoms with Crippen molar-refractivity contribution >= 4 is 5.91 Å². The summed E-state index contributed by atoms with van der Waals surface area (Å²) in [7, 11) is 3.58. The van der Waals surface area contributed by atoms with Gasteiger partial charge in [0.2, 0.25) is 12.7 Å². The van der Waals surface area contributed by atoms with Gasteiger partial charge in [0.15, 0.2) is 23.0 Å². The second-order valence-electron chi connectivity index (χ2n) is 11.9. The largest absolute Gasteiger partial charge is 0.504 e. The molecule has 43 heavy (non-hydrogen) atoms. The van der Waals surface area contributed by atoms with Crippen LogP contribution in [0, 0.1) is 25.2 Å². The Morgan fingerprint density at radius 1 is 1.28 bits per heavy atom. The molecule has 2 aromatic carbocycles. The fourth-order valence-electron chi connectivity index (χ4n) is 7.73. The van der Waals surface area contributed by atoms with Crippen LogP contribution in [-0.4, -0.2) is 79.1 Å². The third-order valence-electron chi connectivity index (χ3n) is 9.49. The number of nitrogens with one attached hydrogen (secondary N) is 1. The molecule has 2 bridgehead atoms. The lowest BCUT2D eigenvalue weighted by molar-refractivity contribution is -0.123. The van der Waals surface area contributed by atoms with Crippen LogP contribution in [0.4, 0.5) is 0 Å². The molecule has 4 heterocycles. The van der Waals surface area contributed by atoms with Gasteiger partial charge < -0.3 is 35.1 Å². The van der Waals surface area contributed by atoms with Crippen LogP contribution in [0.15, 0.2) is 18.7 Å². The van der Waals surface area contributed by atoms with Gasteiger partial charge in [0.05, 0.1) is 31.3 Å². The number of fused-ring (bicyclic) bond motifs is 9. The molecule has 0 spiro atoms. The minimum Gasteiger partial charge on any atom is -0.504 e. The number of ether oxygens (including phenoxy) is 4. The molecule has 4 unspecified atom stereocenters. The maximum absolute atomic E-state index is 12.8. The van der Waals surface area contributed by atoms with Crippen molar-refractivity contribution in [2.24, 2.45) is 5.73 Å². The minimum atomic E-state index is -0.702. The van der Waals surface area contributed by atoms with Crippen molar-refractivity contribution < 1.29 is 28.8 Å². The fraction of sp³-hybridized carbons (Fsp3) is 0.500. The summed E-state index contributed by atoms with van der Waals surface area (Å²) in [4.78, 5) is 17.2. The van der Waals surface area contributed by atoms with E-state index in [1.165, 1.54) is 0 Å². The molecule has 0 radical (unpaired) electrons. The number of amides is 1. The zero-order valence-electron chi connectivity index (χ0n) is 25.3. The number of nitrogens with two attached hydrogens (primary N) is 1. The molecule has 2 aromatic rings. The molecule has 11 nitrogen and oxygen atoms in total. The Balaban J connectivity index is 1.60. The summed E-state index contributed by atoms with van der Waals surface area (Å²) in [5, 5.41) is 25.4. The number of nitriles is 1. The first kappa shape index (κ1) is 29.1. The zero-order chi connectivity index (χ0) is 30.7. The van der Waals surface area contributed by atoms with Crippen LogP contribution in [0.5, 0.6) is 28.7 Å². The molecular weight excluding hydrogens is 550 g/mol. The Bertz CT molecular complexity index is 1530. The third kappa shape index (κ3) is 4.31. The average Bonchev–Trinajstić information content (AvgIpc) is 3.46. The van der Waals surface area contributed by atoms with Crippen molar-refractivity contribution in [3.05, 3.63) is 52.1 Å². The van der Waals surface area contributed by atoms with Gasteiger partial charge in [-0.2, -0.15) is 5.26 Å². The summed E-state index contributed by atoms with van der Waals surface area (Å²) >= 11 is 0. The highest BCUT2D eigenvalue weighted by Crippen LogP contribution is 2.58. The molecule has 11 heteroatoms. The molecule has 1 amide bonds. The van der Waals surface area contributed by atoms with Gasteiger partial charge >= 0.3 is 0 Å².